The van der Waals surface area contributed by atoms with E-state index >= 15 is 0 Å². The lowest BCUT2D eigenvalue weighted by atomic mass is 10.2. The van der Waals surface area contributed by atoms with Crippen molar-refractivity contribution in [3.05, 3.63) is 48.2 Å². The highest BCUT2D eigenvalue weighted by Gasteiger charge is 1.84. The van der Waals surface area contributed by atoms with E-state index in [-0.39, 0.29) is 0 Å². The van der Waals surface area contributed by atoms with Gasteiger partial charge in [0.15, 0.2) is 0 Å². The highest BCUT2D eigenvalue weighted by atomic mass is 28.2. The number of rotatable bonds is 3. The van der Waals surface area contributed by atoms with Gasteiger partial charge in [-0.1, -0.05) is 30.3 Å². The first-order valence-electron chi connectivity index (χ1n) is 3.65. The van der Waals surface area contributed by atoms with Crippen LogP contribution in [0.1, 0.15) is 5.56 Å². The van der Waals surface area contributed by atoms with Crippen LogP contribution in [0, 0.1) is 0 Å². The third-order valence-electron chi connectivity index (χ3n) is 1.43. The van der Waals surface area contributed by atoms with Gasteiger partial charge in [-0.25, -0.2) is 0 Å². The van der Waals surface area contributed by atoms with Crippen LogP contribution in [0.15, 0.2) is 42.7 Å². The fraction of sp³-hybridized carbons (Fsp3) is 0.111. The van der Waals surface area contributed by atoms with Gasteiger partial charge in [-0.3, -0.25) is 0 Å². The average molecular weight is 164 g/mol. The minimum atomic E-state index is 0.779. The third kappa shape index (κ3) is 3.05. The molecule has 0 bridgehead atoms. The maximum atomic E-state index is 4.92. The molecule has 0 aliphatic heterocycles. The molecule has 0 aliphatic carbocycles. The Hall–Kier alpha value is -1.02. The summed E-state index contributed by atoms with van der Waals surface area (Å²) in [5.41, 5.74) is 1.32. The van der Waals surface area contributed by atoms with Crippen molar-refractivity contribution in [1.82, 2.24) is 0 Å². The Bertz CT molecular complexity index is 218. The molecular formula is C9H12OSi. The number of hydrogen-bond donors (Lipinski definition) is 0. The summed E-state index contributed by atoms with van der Waals surface area (Å²) in [7, 11) is 0.779. The summed E-state index contributed by atoms with van der Waals surface area (Å²) in [4.78, 5) is 0. The first kappa shape index (κ1) is 8.08. The Morgan fingerprint density at radius 2 is 2.00 bits per heavy atom. The zero-order valence-electron chi connectivity index (χ0n) is 6.66. The van der Waals surface area contributed by atoms with E-state index in [0.29, 0.717) is 0 Å². The van der Waals surface area contributed by atoms with Crippen LogP contribution in [-0.4, -0.2) is 10.5 Å². The van der Waals surface area contributed by atoms with Gasteiger partial charge < -0.3 is 4.43 Å². The van der Waals surface area contributed by atoms with Gasteiger partial charge in [0.2, 0.25) is 10.5 Å². The topological polar surface area (TPSA) is 9.23 Å². The molecule has 2 heteroatoms. The summed E-state index contributed by atoms with van der Waals surface area (Å²) in [6.45, 7) is 0. The van der Waals surface area contributed by atoms with Crippen LogP contribution < -0.4 is 0 Å². The Labute approximate surface area is 70.2 Å². The molecule has 1 aromatic carbocycles. The monoisotopic (exact) mass is 164 g/mol. The average Bonchev–Trinajstić information content (AvgIpc) is 2.07. The van der Waals surface area contributed by atoms with Crippen LogP contribution in [0.5, 0.6) is 0 Å². The Balaban J connectivity index is 2.45. The molecule has 1 nitrogen and oxygen atoms in total. The van der Waals surface area contributed by atoms with Crippen molar-refractivity contribution in [3.8, 4) is 0 Å². The first-order valence-corrected chi connectivity index (χ1v) is 4.47. The Kier molecular flexibility index (Phi) is 3.48. The molecular weight excluding hydrogens is 152 g/mol. The zero-order valence-corrected chi connectivity index (χ0v) is 8.66. The fourth-order valence-electron chi connectivity index (χ4n) is 0.895. The maximum Gasteiger partial charge on any atom is 0.203 e. The summed E-state index contributed by atoms with van der Waals surface area (Å²) < 4.78 is 4.92. The van der Waals surface area contributed by atoms with E-state index in [2.05, 4.69) is 12.1 Å². The van der Waals surface area contributed by atoms with Crippen molar-refractivity contribution in [3.63, 3.8) is 0 Å². The van der Waals surface area contributed by atoms with E-state index in [4.69, 9.17) is 4.43 Å². The van der Waals surface area contributed by atoms with Crippen molar-refractivity contribution < 1.29 is 4.43 Å². The smallest absolute Gasteiger partial charge is 0.203 e. The molecule has 58 valence electrons. The molecule has 0 saturated heterocycles. The van der Waals surface area contributed by atoms with Crippen molar-refractivity contribution in [2.75, 3.05) is 0 Å². The second kappa shape index (κ2) is 4.74. The molecule has 0 saturated carbocycles. The van der Waals surface area contributed by atoms with Gasteiger partial charge in [0.25, 0.3) is 0 Å². The van der Waals surface area contributed by atoms with Crippen LogP contribution >= 0.6 is 0 Å². The first-order chi connectivity index (χ1) is 5.43. The van der Waals surface area contributed by atoms with Crippen molar-refractivity contribution >= 4 is 10.5 Å². The third-order valence-corrected chi connectivity index (χ3v) is 1.70. The summed E-state index contributed by atoms with van der Waals surface area (Å²) in [6, 6.07) is 10.3. The number of benzene rings is 1. The highest BCUT2D eigenvalue weighted by Crippen LogP contribution is 1.99. The standard InChI is InChI=1S/C9H12OSi/c11-10-8-4-7-9-5-2-1-3-6-9/h1-6,8H,7H2,11H3. The minimum absolute atomic E-state index is 0.779. The van der Waals surface area contributed by atoms with Gasteiger partial charge in [-0.05, 0) is 18.1 Å². The van der Waals surface area contributed by atoms with Crippen molar-refractivity contribution in [2.24, 2.45) is 0 Å². The number of allylic oxidation sites excluding steroid dienone is 1. The van der Waals surface area contributed by atoms with Crippen LogP contribution in [-0.2, 0) is 10.8 Å². The van der Waals surface area contributed by atoms with E-state index < -0.39 is 0 Å². The van der Waals surface area contributed by atoms with Gasteiger partial charge in [-0.15, -0.1) is 0 Å². The van der Waals surface area contributed by atoms with Gasteiger partial charge in [0.05, 0.1) is 6.26 Å². The molecule has 0 aromatic heterocycles. The molecule has 0 atom stereocenters. The van der Waals surface area contributed by atoms with E-state index in [0.717, 1.165) is 16.9 Å². The second-order valence-corrected chi connectivity index (χ2v) is 2.77. The van der Waals surface area contributed by atoms with Gasteiger partial charge >= 0.3 is 0 Å². The molecule has 0 amide bonds. The van der Waals surface area contributed by atoms with Gasteiger partial charge in [0.1, 0.15) is 0 Å². The SMILES string of the molecule is [SiH3]OC=CCc1ccccc1. The summed E-state index contributed by atoms with van der Waals surface area (Å²) >= 11 is 0. The molecule has 0 aliphatic rings. The van der Waals surface area contributed by atoms with Crippen molar-refractivity contribution in [2.45, 2.75) is 6.42 Å². The molecule has 0 unspecified atom stereocenters. The van der Waals surface area contributed by atoms with E-state index in [1.165, 1.54) is 5.56 Å². The largest absolute Gasteiger partial charge is 0.559 e. The lowest BCUT2D eigenvalue weighted by Crippen LogP contribution is -1.78. The minimum Gasteiger partial charge on any atom is -0.559 e. The molecule has 1 aromatic rings. The maximum absolute atomic E-state index is 4.92. The zero-order chi connectivity index (χ0) is 7.94. The van der Waals surface area contributed by atoms with E-state index in [9.17, 15) is 0 Å². The van der Waals surface area contributed by atoms with Crippen LogP contribution in [0.4, 0.5) is 0 Å². The molecule has 0 spiro atoms. The Morgan fingerprint density at radius 1 is 1.27 bits per heavy atom. The Morgan fingerprint density at radius 3 is 2.64 bits per heavy atom. The van der Waals surface area contributed by atoms with Crippen LogP contribution in [0.3, 0.4) is 0 Å². The van der Waals surface area contributed by atoms with E-state index in [1.807, 2.05) is 24.3 Å². The van der Waals surface area contributed by atoms with Crippen LogP contribution in [0.25, 0.3) is 0 Å². The summed E-state index contributed by atoms with van der Waals surface area (Å²) in [5.74, 6) is 0. The molecule has 0 radical (unpaired) electrons. The van der Waals surface area contributed by atoms with Gasteiger partial charge in [0, 0.05) is 0 Å². The lowest BCUT2D eigenvalue weighted by Gasteiger charge is -1.93. The summed E-state index contributed by atoms with van der Waals surface area (Å²) in [5, 5.41) is 0. The molecule has 0 fully saturated rings. The highest BCUT2D eigenvalue weighted by molar-refractivity contribution is 5.98. The molecule has 11 heavy (non-hydrogen) atoms. The van der Waals surface area contributed by atoms with Gasteiger partial charge in [-0.2, -0.15) is 0 Å². The predicted molar refractivity (Wildman–Crippen MR) is 50.3 cm³/mol. The number of hydrogen-bond acceptors (Lipinski definition) is 1. The predicted octanol–water partition coefficient (Wildman–Crippen LogP) is 1.04. The lowest BCUT2D eigenvalue weighted by molar-refractivity contribution is 0.532. The quantitative estimate of drug-likeness (QED) is 0.479. The normalized spacial score (nSPS) is 10.5. The fourth-order valence-corrected chi connectivity index (χ4v) is 1.09. The molecule has 0 N–H and O–H groups in total. The molecule has 0 heterocycles. The van der Waals surface area contributed by atoms with Crippen molar-refractivity contribution in [1.29, 1.82) is 0 Å². The molecule has 1 rings (SSSR count). The summed E-state index contributed by atoms with van der Waals surface area (Å²) in [6.07, 6.45) is 4.75. The second-order valence-electron chi connectivity index (χ2n) is 2.30. The van der Waals surface area contributed by atoms with E-state index in [1.54, 1.807) is 6.26 Å². The van der Waals surface area contributed by atoms with Crippen LogP contribution in [0.2, 0.25) is 0 Å².